The molecule has 0 bridgehead atoms. The largest absolute Gasteiger partial charge is 0.0537 e. The second-order valence-corrected chi connectivity index (χ2v) is 9.61. The molecule has 27 heavy (non-hydrogen) atoms. The van der Waals surface area contributed by atoms with Crippen LogP contribution in [0.15, 0.2) is 81.7 Å². The maximum atomic E-state index is 3.64. The molecule has 0 saturated heterocycles. The summed E-state index contributed by atoms with van der Waals surface area (Å²) in [4.78, 5) is 0. The van der Waals surface area contributed by atoms with Crippen LogP contribution in [0.1, 0.15) is 25.0 Å². The van der Waals surface area contributed by atoms with Crippen LogP contribution in [-0.2, 0) is 5.41 Å². The third-order valence-corrected chi connectivity index (χ3v) is 6.76. The van der Waals surface area contributed by atoms with E-state index in [1.54, 1.807) is 0 Å². The molecule has 4 aromatic carbocycles. The van der Waals surface area contributed by atoms with Gasteiger partial charge >= 0.3 is 0 Å². The smallest absolute Gasteiger partial charge is 0.0181 e. The van der Waals surface area contributed by atoms with Crippen LogP contribution in [0.5, 0.6) is 0 Å². The van der Waals surface area contributed by atoms with E-state index in [4.69, 9.17) is 0 Å². The lowest BCUT2D eigenvalue weighted by Gasteiger charge is -2.22. The molecule has 0 unspecified atom stereocenters. The van der Waals surface area contributed by atoms with E-state index in [0.29, 0.717) is 0 Å². The minimum atomic E-state index is 0.00612. The lowest BCUT2D eigenvalue weighted by molar-refractivity contribution is 0.660. The van der Waals surface area contributed by atoms with Crippen molar-refractivity contribution in [1.82, 2.24) is 0 Å². The lowest BCUT2D eigenvalue weighted by atomic mass is 9.81. The van der Waals surface area contributed by atoms with Crippen LogP contribution in [0.4, 0.5) is 0 Å². The molecule has 0 spiro atoms. The Morgan fingerprint density at radius 3 is 1.89 bits per heavy atom. The molecule has 1 aliphatic rings. The Hall–Kier alpha value is -1.90. The molecule has 0 saturated carbocycles. The average Bonchev–Trinajstić information content (AvgIpc) is 2.88. The summed E-state index contributed by atoms with van der Waals surface area (Å²) >= 11 is 7.20. The quantitative estimate of drug-likeness (QED) is 0.258. The van der Waals surface area contributed by atoms with Crippen LogP contribution in [0.3, 0.4) is 0 Å². The number of benzene rings is 4. The van der Waals surface area contributed by atoms with E-state index < -0.39 is 0 Å². The third kappa shape index (κ3) is 2.69. The monoisotopic (exact) mass is 476 g/mol. The predicted octanol–water partition coefficient (Wildman–Crippen LogP) is 8.34. The van der Waals surface area contributed by atoms with Crippen molar-refractivity contribution in [2.45, 2.75) is 19.3 Å². The highest BCUT2D eigenvalue weighted by atomic mass is 79.9. The molecule has 2 heteroatoms. The number of halogens is 2. The summed E-state index contributed by atoms with van der Waals surface area (Å²) in [6.45, 7) is 4.65. The van der Waals surface area contributed by atoms with Crippen molar-refractivity contribution in [2.75, 3.05) is 0 Å². The molecule has 0 nitrogen and oxygen atoms in total. The van der Waals surface area contributed by atoms with E-state index in [1.807, 2.05) is 0 Å². The summed E-state index contributed by atoms with van der Waals surface area (Å²) in [5, 5.41) is 2.52. The Morgan fingerprint density at radius 2 is 1.07 bits per heavy atom. The maximum absolute atomic E-state index is 3.64. The van der Waals surface area contributed by atoms with Gasteiger partial charge in [0.25, 0.3) is 0 Å². The molecule has 0 radical (unpaired) electrons. The van der Waals surface area contributed by atoms with Gasteiger partial charge in [0.2, 0.25) is 0 Å². The van der Waals surface area contributed by atoms with Crippen LogP contribution < -0.4 is 0 Å². The summed E-state index contributed by atoms with van der Waals surface area (Å²) in [7, 11) is 0. The number of rotatable bonds is 1. The molecule has 4 aromatic rings. The molecule has 0 atom stereocenters. The van der Waals surface area contributed by atoms with Crippen LogP contribution in [0.25, 0.3) is 33.0 Å². The van der Waals surface area contributed by atoms with Gasteiger partial charge in [-0.15, -0.1) is 0 Å². The van der Waals surface area contributed by atoms with Crippen LogP contribution >= 0.6 is 31.9 Å². The minimum Gasteiger partial charge on any atom is -0.0537 e. The third-order valence-electron chi connectivity index (χ3n) is 5.77. The van der Waals surface area contributed by atoms with E-state index in [0.717, 1.165) is 8.95 Å². The lowest BCUT2D eigenvalue weighted by Crippen LogP contribution is -2.15. The fraction of sp³-hybridized carbons (Fsp3) is 0.120. The van der Waals surface area contributed by atoms with Crippen molar-refractivity contribution >= 4 is 42.6 Å². The molecule has 5 rings (SSSR count). The first-order valence-corrected chi connectivity index (χ1v) is 10.7. The Kier molecular flexibility index (Phi) is 3.86. The zero-order valence-electron chi connectivity index (χ0n) is 15.2. The van der Waals surface area contributed by atoms with Crippen molar-refractivity contribution in [1.29, 1.82) is 0 Å². The van der Waals surface area contributed by atoms with E-state index in [9.17, 15) is 0 Å². The van der Waals surface area contributed by atoms with E-state index >= 15 is 0 Å². The fourth-order valence-electron chi connectivity index (χ4n) is 4.29. The predicted molar refractivity (Wildman–Crippen MR) is 122 cm³/mol. The van der Waals surface area contributed by atoms with Gasteiger partial charge in [0, 0.05) is 14.4 Å². The summed E-state index contributed by atoms with van der Waals surface area (Å²) in [6.07, 6.45) is 0. The first-order valence-electron chi connectivity index (χ1n) is 9.08. The van der Waals surface area contributed by atoms with Gasteiger partial charge < -0.3 is 0 Å². The van der Waals surface area contributed by atoms with Gasteiger partial charge in [0.1, 0.15) is 0 Å². The average molecular weight is 478 g/mol. The highest BCUT2D eigenvalue weighted by molar-refractivity contribution is 9.10. The fourth-order valence-corrected chi connectivity index (χ4v) is 5.03. The number of fused-ring (bicyclic) bond motifs is 4. The Labute approximate surface area is 176 Å². The van der Waals surface area contributed by atoms with Gasteiger partial charge in [0.05, 0.1) is 0 Å². The van der Waals surface area contributed by atoms with Gasteiger partial charge in [-0.3, -0.25) is 0 Å². The molecule has 0 aromatic heterocycles. The topological polar surface area (TPSA) is 0 Å². The molecular formula is C25H18Br2. The van der Waals surface area contributed by atoms with Crippen molar-refractivity contribution < 1.29 is 0 Å². The van der Waals surface area contributed by atoms with Crippen molar-refractivity contribution in [3.8, 4) is 22.3 Å². The molecule has 132 valence electrons. The summed E-state index contributed by atoms with van der Waals surface area (Å²) in [6, 6.07) is 26.7. The number of hydrogen-bond donors (Lipinski definition) is 0. The first kappa shape index (κ1) is 17.2. The second-order valence-electron chi connectivity index (χ2n) is 7.78. The number of hydrogen-bond acceptors (Lipinski definition) is 0. The maximum Gasteiger partial charge on any atom is 0.0181 e. The van der Waals surface area contributed by atoms with E-state index in [1.165, 1.54) is 44.2 Å². The van der Waals surface area contributed by atoms with E-state index in [2.05, 4.69) is 119 Å². The van der Waals surface area contributed by atoms with Gasteiger partial charge in [-0.25, -0.2) is 0 Å². The zero-order valence-corrected chi connectivity index (χ0v) is 18.4. The highest BCUT2D eigenvalue weighted by Crippen LogP contribution is 2.50. The molecule has 1 aliphatic carbocycles. The second kappa shape index (κ2) is 6.05. The SMILES string of the molecule is CC1(C)c2cc(Br)ccc2-c2ccc(-c3ccc4cc(Br)ccc4c3)cc21. The zero-order chi connectivity index (χ0) is 18.8. The molecule has 0 amide bonds. The Morgan fingerprint density at radius 1 is 0.556 bits per heavy atom. The molecule has 0 heterocycles. The van der Waals surface area contributed by atoms with E-state index in [-0.39, 0.29) is 5.41 Å². The summed E-state index contributed by atoms with van der Waals surface area (Å²) < 4.78 is 2.26. The summed E-state index contributed by atoms with van der Waals surface area (Å²) in [5.74, 6) is 0. The van der Waals surface area contributed by atoms with Gasteiger partial charge in [-0.05, 0) is 80.6 Å². The molecule has 0 fully saturated rings. The summed E-state index contributed by atoms with van der Waals surface area (Å²) in [5.41, 5.74) is 8.06. The van der Waals surface area contributed by atoms with Crippen LogP contribution in [0, 0.1) is 0 Å². The van der Waals surface area contributed by atoms with Gasteiger partial charge in [-0.2, -0.15) is 0 Å². The molecule has 0 N–H and O–H groups in total. The van der Waals surface area contributed by atoms with Crippen LogP contribution in [0.2, 0.25) is 0 Å². The van der Waals surface area contributed by atoms with Gasteiger partial charge in [-0.1, -0.05) is 82.1 Å². The Bertz CT molecular complexity index is 1220. The normalized spacial score (nSPS) is 14.2. The Balaban J connectivity index is 1.67. The minimum absolute atomic E-state index is 0.00612. The van der Waals surface area contributed by atoms with Crippen LogP contribution in [-0.4, -0.2) is 0 Å². The van der Waals surface area contributed by atoms with Crippen molar-refractivity contribution in [3.05, 3.63) is 92.9 Å². The van der Waals surface area contributed by atoms with Crippen molar-refractivity contribution in [2.24, 2.45) is 0 Å². The standard InChI is InChI=1S/C25H18Br2/c1-25(2)23-13-18(6-9-21(23)22-10-8-20(27)14-24(22)25)15-3-4-17-12-19(26)7-5-16(17)11-15/h3-14H,1-2H3. The molecular weight excluding hydrogens is 460 g/mol. The first-order chi connectivity index (χ1) is 12.9. The highest BCUT2D eigenvalue weighted by Gasteiger charge is 2.35. The van der Waals surface area contributed by atoms with Crippen molar-refractivity contribution in [3.63, 3.8) is 0 Å². The molecule has 0 aliphatic heterocycles. The van der Waals surface area contributed by atoms with Gasteiger partial charge in [0.15, 0.2) is 0 Å².